The zero-order valence-electron chi connectivity index (χ0n) is 8.29. The van der Waals surface area contributed by atoms with Crippen LogP contribution in [0.25, 0.3) is 0 Å². The molecule has 3 nitrogen and oxygen atoms in total. The second-order valence-corrected chi connectivity index (χ2v) is 4.56. The summed E-state index contributed by atoms with van der Waals surface area (Å²) < 4.78 is 0. The fourth-order valence-corrected chi connectivity index (χ4v) is 2.38. The number of carboxylic acids is 1. The number of rotatable bonds is 3. The fraction of sp³-hybridized carbons (Fsp3) is 0.900. The zero-order chi connectivity index (χ0) is 9.64. The average Bonchev–Trinajstić information content (AvgIpc) is 2.83. The summed E-state index contributed by atoms with van der Waals surface area (Å²) in [6, 6.07) is 0.460. The number of hydrogen-bond acceptors (Lipinski definition) is 2. The van der Waals surface area contributed by atoms with Crippen LogP contribution in [0.4, 0.5) is 0 Å². The van der Waals surface area contributed by atoms with Gasteiger partial charge in [0.05, 0.1) is 0 Å². The molecule has 1 aliphatic carbocycles. The summed E-state index contributed by atoms with van der Waals surface area (Å²) >= 11 is 0. The number of likely N-dealkylation sites (tertiary alicyclic amines) is 1. The first-order valence-electron chi connectivity index (χ1n) is 5.07. The molecule has 0 radical (unpaired) electrons. The molecule has 2 atom stereocenters. The van der Waals surface area contributed by atoms with Crippen LogP contribution in [0.1, 0.15) is 33.1 Å². The van der Waals surface area contributed by atoms with Crippen molar-refractivity contribution in [2.75, 3.05) is 6.54 Å². The quantitative estimate of drug-likeness (QED) is 0.717. The van der Waals surface area contributed by atoms with E-state index in [-0.39, 0.29) is 0 Å². The number of hydrogen-bond donors (Lipinski definition) is 1. The van der Waals surface area contributed by atoms with Gasteiger partial charge in [0.15, 0.2) is 0 Å². The molecule has 2 unspecified atom stereocenters. The molecule has 74 valence electrons. The molecule has 0 spiro atoms. The third-order valence-corrected chi connectivity index (χ3v) is 3.72. The molecule has 0 bridgehead atoms. The van der Waals surface area contributed by atoms with Crippen molar-refractivity contribution in [2.45, 2.75) is 44.7 Å². The molecule has 2 fully saturated rings. The standard InChI is InChI=1S/C10H17NO2/c1-7-5-6-11(7)10(2,9(12)13)8-3-4-8/h7-8H,3-6H2,1-2H3,(H,12,13). The molecule has 2 rings (SSSR count). The van der Waals surface area contributed by atoms with Crippen molar-refractivity contribution in [1.82, 2.24) is 4.90 Å². The molecule has 1 aliphatic heterocycles. The van der Waals surface area contributed by atoms with E-state index < -0.39 is 11.5 Å². The van der Waals surface area contributed by atoms with Gasteiger partial charge in [0.1, 0.15) is 5.54 Å². The van der Waals surface area contributed by atoms with Gasteiger partial charge >= 0.3 is 5.97 Å². The average molecular weight is 183 g/mol. The van der Waals surface area contributed by atoms with Gasteiger partial charge in [0.2, 0.25) is 0 Å². The van der Waals surface area contributed by atoms with E-state index in [0.29, 0.717) is 12.0 Å². The fourth-order valence-electron chi connectivity index (χ4n) is 2.38. The topological polar surface area (TPSA) is 40.5 Å². The van der Waals surface area contributed by atoms with Crippen molar-refractivity contribution in [2.24, 2.45) is 5.92 Å². The molecule has 0 amide bonds. The first-order chi connectivity index (χ1) is 6.06. The Bertz CT molecular complexity index is 237. The molecule has 2 aliphatic rings. The minimum Gasteiger partial charge on any atom is -0.480 e. The van der Waals surface area contributed by atoms with Crippen LogP contribution in [0, 0.1) is 5.92 Å². The van der Waals surface area contributed by atoms with Crippen LogP contribution in [0.2, 0.25) is 0 Å². The number of aliphatic carboxylic acids is 1. The van der Waals surface area contributed by atoms with Crippen molar-refractivity contribution in [3.63, 3.8) is 0 Å². The van der Waals surface area contributed by atoms with Gasteiger partial charge < -0.3 is 5.11 Å². The molecule has 13 heavy (non-hydrogen) atoms. The van der Waals surface area contributed by atoms with Gasteiger partial charge in [-0.15, -0.1) is 0 Å². The predicted molar refractivity (Wildman–Crippen MR) is 49.5 cm³/mol. The first-order valence-corrected chi connectivity index (χ1v) is 5.07. The number of carbonyl (C=O) groups is 1. The molecule has 1 N–H and O–H groups in total. The normalized spacial score (nSPS) is 33.5. The monoisotopic (exact) mass is 183 g/mol. The molecular weight excluding hydrogens is 166 g/mol. The van der Waals surface area contributed by atoms with Crippen LogP contribution in [0.15, 0.2) is 0 Å². The second kappa shape index (κ2) is 2.71. The molecule has 0 aromatic heterocycles. The Hall–Kier alpha value is -0.570. The van der Waals surface area contributed by atoms with Crippen molar-refractivity contribution in [1.29, 1.82) is 0 Å². The van der Waals surface area contributed by atoms with Crippen LogP contribution in [-0.4, -0.2) is 34.1 Å². The predicted octanol–water partition coefficient (Wildman–Crippen LogP) is 1.33. The molecule has 1 heterocycles. The summed E-state index contributed by atoms with van der Waals surface area (Å²) in [5, 5.41) is 9.25. The summed E-state index contributed by atoms with van der Waals surface area (Å²) in [4.78, 5) is 13.4. The highest BCUT2D eigenvalue weighted by atomic mass is 16.4. The molecule has 0 aromatic carbocycles. The maximum Gasteiger partial charge on any atom is 0.324 e. The summed E-state index contributed by atoms with van der Waals surface area (Å²) in [5.41, 5.74) is -0.572. The van der Waals surface area contributed by atoms with Crippen molar-refractivity contribution in [3.05, 3.63) is 0 Å². The van der Waals surface area contributed by atoms with E-state index in [0.717, 1.165) is 25.8 Å². The summed E-state index contributed by atoms with van der Waals surface area (Å²) in [5.74, 6) is -0.241. The smallest absolute Gasteiger partial charge is 0.324 e. The SMILES string of the molecule is CC1CCN1C(C)(C(=O)O)C1CC1. The lowest BCUT2D eigenvalue weighted by molar-refractivity contribution is -0.158. The summed E-state index contributed by atoms with van der Waals surface area (Å²) in [7, 11) is 0. The Morgan fingerprint density at radius 1 is 1.46 bits per heavy atom. The van der Waals surface area contributed by atoms with Crippen LogP contribution in [0.5, 0.6) is 0 Å². The van der Waals surface area contributed by atoms with Gasteiger partial charge in [0.25, 0.3) is 0 Å². The van der Waals surface area contributed by atoms with Gasteiger partial charge in [-0.1, -0.05) is 0 Å². The summed E-state index contributed by atoms with van der Waals surface area (Å²) in [6.07, 6.45) is 3.33. The second-order valence-electron chi connectivity index (χ2n) is 4.56. The van der Waals surface area contributed by atoms with Gasteiger partial charge in [0, 0.05) is 12.6 Å². The Morgan fingerprint density at radius 2 is 2.08 bits per heavy atom. The largest absolute Gasteiger partial charge is 0.480 e. The highest BCUT2D eigenvalue weighted by Crippen LogP contribution is 2.46. The minimum absolute atomic E-state index is 0.396. The van der Waals surface area contributed by atoms with Crippen LogP contribution in [-0.2, 0) is 4.79 Å². The van der Waals surface area contributed by atoms with E-state index in [1.165, 1.54) is 0 Å². The van der Waals surface area contributed by atoms with E-state index in [4.69, 9.17) is 0 Å². The van der Waals surface area contributed by atoms with Gasteiger partial charge in [-0.3, -0.25) is 9.69 Å². The van der Waals surface area contributed by atoms with Crippen molar-refractivity contribution in [3.8, 4) is 0 Å². The molecule has 0 aromatic rings. The molecule has 1 saturated heterocycles. The van der Waals surface area contributed by atoms with Crippen molar-refractivity contribution >= 4 is 5.97 Å². The zero-order valence-corrected chi connectivity index (χ0v) is 8.29. The van der Waals surface area contributed by atoms with Crippen LogP contribution in [0.3, 0.4) is 0 Å². The highest BCUT2D eigenvalue weighted by molar-refractivity contribution is 5.79. The Labute approximate surface area is 78.7 Å². The Morgan fingerprint density at radius 3 is 2.31 bits per heavy atom. The van der Waals surface area contributed by atoms with E-state index in [9.17, 15) is 9.90 Å². The Kier molecular flexibility index (Phi) is 1.88. The first kappa shape index (κ1) is 9.00. The van der Waals surface area contributed by atoms with E-state index in [1.807, 2.05) is 6.92 Å². The number of carboxylic acid groups (broad SMARTS) is 1. The van der Waals surface area contributed by atoms with Gasteiger partial charge in [-0.05, 0) is 39.0 Å². The third kappa shape index (κ3) is 1.17. The summed E-state index contributed by atoms with van der Waals surface area (Å²) in [6.45, 7) is 4.97. The lowest BCUT2D eigenvalue weighted by Crippen LogP contribution is -2.63. The maximum atomic E-state index is 11.2. The molecule has 1 saturated carbocycles. The van der Waals surface area contributed by atoms with Crippen molar-refractivity contribution < 1.29 is 9.90 Å². The van der Waals surface area contributed by atoms with Crippen LogP contribution < -0.4 is 0 Å². The van der Waals surface area contributed by atoms with Gasteiger partial charge in [-0.25, -0.2) is 0 Å². The Balaban J connectivity index is 2.16. The minimum atomic E-state index is -0.637. The van der Waals surface area contributed by atoms with E-state index >= 15 is 0 Å². The van der Waals surface area contributed by atoms with E-state index in [2.05, 4.69) is 11.8 Å². The number of nitrogens with zero attached hydrogens (tertiary/aromatic N) is 1. The molecule has 3 heteroatoms. The highest BCUT2D eigenvalue weighted by Gasteiger charge is 2.54. The lowest BCUT2D eigenvalue weighted by atomic mass is 9.87. The van der Waals surface area contributed by atoms with E-state index in [1.54, 1.807) is 0 Å². The lowest BCUT2D eigenvalue weighted by Gasteiger charge is -2.49. The maximum absolute atomic E-state index is 11.2. The van der Waals surface area contributed by atoms with Crippen LogP contribution >= 0.6 is 0 Å². The molecular formula is C10H17NO2. The third-order valence-electron chi connectivity index (χ3n) is 3.72. The van der Waals surface area contributed by atoms with Gasteiger partial charge in [-0.2, -0.15) is 0 Å².